The van der Waals surface area contributed by atoms with Gasteiger partial charge < -0.3 is 36.4 Å². The maximum atomic E-state index is 14.5. The number of nitrogens with one attached hydrogen (secondary N) is 1. The number of hydrogen-bond donors (Lipinski definition) is 6. The Kier molecular flexibility index (Phi) is 7.80. The molecular weight excluding hydrogens is 590 g/mol. The minimum Gasteiger partial charge on any atom is -0.508 e. The summed E-state index contributed by atoms with van der Waals surface area (Å²) >= 11 is 0. The molecule has 2 aromatic rings. The second kappa shape index (κ2) is 11.0. The molecule has 0 radical (unpaired) electrons. The minimum absolute atomic E-state index is 0.0315. The highest BCUT2D eigenvalue weighted by Gasteiger charge is 2.72. The number of likely N-dealkylation sites (N-methyl/N-ethyl adjacent to an activating group) is 1. The summed E-state index contributed by atoms with van der Waals surface area (Å²) in [5.41, 5.74) is 2.00. The lowest BCUT2D eigenvalue weighted by Gasteiger charge is -2.59. The quantitative estimate of drug-likeness (QED) is 0.245. The van der Waals surface area contributed by atoms with E-state index in [1.165, 1.54) is 11.8 Å². The number of nitrogens with zero attached hydrogens (tertiary/aromatic N) is 3. The van der Waals surface area contributed by atoms with E-state index < -0.39 is 57.0 Å². The van der Waals surface area contributed by atoms with Crippen LogP contribution in [0.5, 0.6) is 5.75 Å². The van der Waals surface area contributed by atoms with Gasteiger partial charge in [-0.1, -0.05) is 26.0 Å². The summed E-state index contributed by atoms with van der Waals surface area (Å²) in [5.74, 6) is -5.11. The molecule has 1 saturated carbocycles. The van der Waals surface area contributed by atoms with Crippen molar-refractivity contribution in [2.45, 2.75) is 51.4 Å². The summed E-state index contributed by atoms with van der Waals surface area (Å²) in [6.45, 7) is 3.88. The number of phenolic OH excluding ortho intramolecular Hbond substituents is 1. The largest absolute Gasteiger partial charge is 0.508 e. The number of anilines is 1. The number of ketones is 2. The van der Waals surface area contributed by atoms with Crippen LogP contribution in [0.1, 0.15) is 48.1 Å². The van der Waals surface area contributed by atoms with Crippen molar-refractivity contribution >= 4 is 28.9 Å². The first-order valence-electron chi connectivity index (χ1n) is 14.8. The van der Waals surface area contributed by atoms with E-state index in [4.69, 9.17) is 11.0 Å². The van der Waals surface area contributed by atoms with Crippen molar-refractivity contribution in [2.24, 2.45) is 16.6 Å². The Hall–Kier alpha value is -4.70. The van der Waals surface area contributed by atoms with Gasteiger partial charge in [0.2, 0.25) is 5.78 Å². The number of nitriles is 1. The second-order valence-electron chi connectivity index (χ2n) is 13.5. The number of primary amides is 1. The van der Waals surface area contributed by atoms with Crippen molar-refractivity contribution in [3.8, 4) is 11.8 Å². The fourth-order valence-electron chi connectivity index (χ4n) is 8.00. The number of aromatic hydroxyl groups is 1. The van der Waals surface area contributed by atoms with E-state index in [0.717, 1.165) is 5.56 Å². The first kappa shape index (κ1) is 32.7. The number of fused-ring (bicyclic) bond motifs is 3. The topological polar surface area (TPSA) is 200 Å². The molecule has 0 aromatic heterocycles. The fourth-order valence-corrected chi connectivity index (χ4v) is 8.00. The highest BCUT2D eigenvalue weighted by molar-refractivity contribution is 6.25. The van der Waals surface area contributed by atoms with Gasteiger partial charge in [0, 0.05) is 54.8 Å². The SMILES string of the molecule is CN(C)c1cc(CNCc2ccc(C#N)cc2)c(O)c2c1C[C@@]1(C)C[C@@]3(C)C(N(C)C)C(=O)C(C(N)=O)=C(O)[C@@]3(O)C(=O)C1=C2O. The summed E-state index contributed by atoms with van der Waals surface area (Å²) in [7, 11) is 6.78. The molecule has 2 aromatic carbocycles. The Labute approximate surface area is 267 Å². The molecule has 3 aliphatic rings. The van der Waals surface area contributed by atoms with Crippen LogP contribution in [-0.2, 0) is 33.9 Å². The molecule has 12 heteroatoms. The maximum Gasteiger partial charge on any atom is 0.255 e. The number of aliphatic hydroxyl groups excluding tert-OH is 2. The number of rotatable bonds is 7. The van der Waals surface area contributed by atoms with Gasteiger partial charge in [0.05, 0.1) is 23.2 Å². The zero-order valence-electron chi connectivity index (χ0n) is 26.7. The Bertz CT molecular complexity index is 1790. The van der Waals surface area contributed by atoms with Crippen molar-refractivity contribution in [1.29, 1.82) is 5.26 Å². The highest BCUT2D eigenvalue weighted by Crippen LogP contribution is 2.63. The van der Waals surface area contributed by atoms with Crippen LogP contribution in [0.25, 0.3) is 5.76 Å². The summed E-state index contributed by atoms with van der Waals surface area (Å²) in [6.07, 6.45) is 0.105. The van der Waals surface area contributed by atoms with E-state index in [2.05, 4.69) is 11.4 Å². The molecule has 0 saturated heterocycles. The maximum absolute atomic E-state index is 14.5. The monoisotopic (exact) mass is 629 g/mol. The van der Waals surface area contributed by atoms with Crippen molar-refractivity contribution in [1.82, 2.24) is 10.2 Å². The number of benzene rings is 2. The van der Waals surface area contributed by atoms with Gasteiger partial charge in [0.1, 0.15) is 22.8 Å². The van der Waals surface area contributed by atoms with E-state index in [1.54, 1.807) is 33.2 Å². The Morgan fingerprint density at radius 1 is 1.09 bits per heavy atom. The number of hydrogen-bond acceptors (Lipinski definition) is 11. The van der Waals surface area contributed by atoms with E-state index >= 15 is 0 Å². The number of phenols is 1. The third-order valence-corrected chi connectivity index (χ3v) is 9.90. The lowest BCUT2D eigenvalue weighted by molar-refractivity contribution is -0.175. The molecule has 46 heavy (non-hydrogen) atoms. The van der Waals surface area contributed by atoms with Crippen molar-refractivity contribution in [3.63, 3.8) is 0 Å². The molecule has 1 fully saturated rings. The molecule has 3 aliphatic carbocycles. The van der Waals surface area contributed by atoms with Gasteiger partial charge in [-0.05, 0) is 56.3 Å². The second-order valence-corrected chi connectivity index (χ2v) is 13.5. The first-order chi connectivity index (χ1) is 21.4. The molecule has 1 amide bonds. The molecule has 4 atom stereocenters. The first-order valence-corrected chi connectivity index (χ1v) is 14.8. The number of Topliss-reactive ketones (excluding diaryl/α,β-unsaturated/α-hetero) is 2. The third-order valence-electron chi connectivity index (χ3n) is 9.90. The van der Waals surface area contributed by atoms with Crippen LogP contribution in [0.15, 0.2) is 47.2 Å². The average Bonchev–Trinajstić information content (AvgIpc) is 2.95. The summed E-state index contributed by atoms with van der Waals surface area (Å²) in [4.78, 5) is 43.8. The summed E-state index contributed by atoms with van der Waals surface area (Å²) in [5, 5.41) is 59.2. The number of carbonyl (C=O) groups is 3. The van der Waals surface area contributed by atoms with E-state index in [0.29, 0.717) is 28.9 Å². The molecular formula is C34H39N5O7. The van der Waals surface area contributed by atoms with Crippen LogP contribution in [0, 0.1) is 22.2 Å². The smallest absolute Gasteiger partial charge is 0.255 e. The minimum atomic E-state index is -2.78. The molecule has 0 heterocycles. The Morgan fingerprint density at radius 3 is 2.26 bits per heavy atom. The predicted molar refractivity (Wildman–Crippen MR) is 170 cm³/mol. The normalized spacial score (nSPS) is 27.2. The van der Waals surface area contributed by atoms with Gasteiger partial charge in [-0.25, -0.2) is 0 Å². The Morgan fingerprint density at radius 2 is 1.72 bits per heavy atom. The standard InChI is InChI=1S/C34H39N5O7/c1-32-12-20-21(38(3)4)11-19(15-37-14-18-9-7-17(13-35)8-10-18)25(40)22(20)26(41)24(32)30(44)34(46)29(43)23(31(36)45)27(42)28(39(5)6)33(34,2)16-32/h7-11,28,37,40-41,43,46H,12,14-16H2,1-6H3,(H2,36,45)/t28?,32-,33-,34+/m0/s1. The fraction of sp³-hybridized carbons (Fsp3) is 0.412. The van der Waals surface area contributed by atoms with Crippen LogP contribution in [-0.4, -0.2) is 82.6 Å². The van der Waals surface area contributed by atoms with Gasteiger partial charge in [0.25, 0.3) is 5.91 Å². The summed E-state index contributed by atoms with van der Waals surface area (Å²) < 4.78 is 0. The number of amides is 1. The van der Waals surface area contributed by atoms with Crippen LogP contribution >= 0.6 is 0 Å². The van der Waals surface area contributed by atoms with E-state index in [-0.39, 0.29) is 36.3 Å². The molecule has 242 valence electrons. The zero-order chi connectivity index (χ0) is 34.1. The highest BCUT2D eigenvalue weighted by atomic mass is 16.3. The van der Waals surface area contributed by atoms with E-state index in [1.807, 2.05) is 37.2 Å². The number of nitrogens with two attached hydrogens (primary N) is 1. The van der Waals surface area contributed by atoms with Crippen LogP contribution < -0.4 is 16.0 Å². The zero-order valence-corrected chi connectivity index (χ0v) is 26.7. The predicted octanol–water partition coefficient (Wildman–Crippen LogP) is 1.97. The molecule has 7 N–H and O–H groups in total. The number of carbonyl (C=O) groups excluding carboxylic acids is 3. The van der Waals surface area contributed by atoms with Gasteiger partial charge in [0.15, 0.2) is 11.4 Å². The molecule has 1 unspecified atom stereocenters. The lowest BCUT2D eigenvalue weighted by Crippen LogP contribution is -2.72. The van der Waals surface area contributed by atoms with Gasteiger partial charge >= 0.3 is 0 Å². The number of aliphatic hydroxyl groups is 3. The van der Waals surface area contributed by atoms with Crippen LogP contribution in [0.4, 0.5) is 5.69 Å². The lowest BCUT2D eigenvalue weighted by atomic mass is 9.46. The molecule has 0 bridgehead atoms. The van der Waals surface area contributed by atoms with Gasteiger partial charge in [-0.3, -0.25) is 19.3 Å². The van der Waals surface area contributed by atoms with E-state index in [9.17, 15) is 34.8 Å². The van der Waals surface area contributed by atoms with Crippen molar-refractivity contribution < 1.29 is 34.8 Å². The summed E-state index contributed by atoms with van der Waals surface area (Å²) in [6, 6.07) is 9.73. The van der Waals surface area contributed by atoms with Gasteiger partial charge in [-0.15, -0.1) is 0 Å². The Balaban J connectivity index is 1.66. The van der Waals surface area contributed by atoms with Crippen LogP contribution in [0.3, 0.4) is 0 Å². The molecule has 0 spiro atoms. The van der Waals surface area contributed by atoms with Crippen molar-refractivity contribution in [3.05, 3.63) is 75.1 Å². The third kappa shape index (κ3) is 4.49. The molecule has 12 nitrogen and oxygen atoms in total. The van der Waals surface area contributed by atoms with Gasteiger partial charge in [-0.2, -0.15) is 5.26 Å². The average molecular weight is 630 g/mol. The van der Waals surface area contributed by atoms with Crippen molar-refractivity contribution in [2.75, 3.05) is 33.1 Å². The van der Waals surface area contributed by atoms with Crippen LogP contribution in [0.2, 0.25) is 0 Å². The molecule has 5 rings (SSSR count). The molecule has 0 aliphatic heterocycles.